The number of nitrogens with zero attached hydrogens (tertiary/aromatic N) is 1. The number of amides is 1. The number of rotatable bonds is 3. The van der Waals surface area contributed by atoms with Crippen LogP contribution in [0.1, 0.15) is 10.4 Å². The zero-order chi connectivity index (χ0) is 14.7. The van der Waals surface area contributed by atoms with E-state index in [9.17, 15) is 13.6 Å². The second kappa shape index (κ2) is 5.83. The molecule has 1 heterocycles. The minimum Gasteiger partial charge on any atom is -0.373 e. The lowest BCUT2D eigenvalue weighted by Crippen LogP contribution is -2.14. The van der Waals surface area contributed by atoms with Crippen molar-refractivity contribution in [1.82, 2.24) is 4.98 Å². The Morgan fingerprint density at radius 1 is 1.25 bits per heavy atom. The van der Waals surface area contributed by atoms with Crippen LogP contribution in [0.25, 0.3) is 0 Å². The molecular weight excluding hydrogens is 288 g/mol. The number of nitrogens with one attached hydrogen (secondary N) is 2. The standard InChI is InChI=1S/C13H10ClF2N3O/c1-17-12-5-7(4-11(14)19-12)13(20)18-10-6-8(15)2-3-9(10)16/h2-6H,1H3,(H,17,19)(H,18,20). The van der Waals surface area contributed by atoms with Gasteiger partial charge in [0.25, 0.3) is 5.91 Å². The predicted molar refractivity (Wildman–Crippen MR) is 73.1 cm³/mol. The molecule has 1 amide bonds. The van der Waals surface area contributed by atoms with E-state index < -0.39 is 17.5 Å². The fourth-order valence-corrected chi connectivity index (χ4v) is 1.75. The van der Waals surface area contributed by atoms with E-state index in [0.717, 1.165) is 18.2 Å². The van der Waals surface area contributed by atoms with Gasteiger partial charge in [-0.05, 0) is 24.3 Å². The third-order valence-corrected chi connectivity index (χ3v) is 2.68. The van der Waals surface area contributed by atoms with Crippen LogP contribution in [0, 0.1) is 11.6 Å². The summed E-state index contributed by atoms with van der Waals surface area (Å²) < 4.78 is 26.5. The van der Waals surface area contributed by atoms with Crippen molar-refractivity contribution in [3.05, 3.63) is 52.7 Å². The highest BCUT2D eigenvalue weighted by Crippen LogP contribution is 2.19. The summed E-state index contributed by atoms with van der Waals surface area (Å²) in [6, 6.07) is 5.57. The maximum atomic E-state index is 13.4. The van der Waals surface area contributed by atoms with Gasteiger partial charge >= 0.3 is 0 Å². The molecule has 0 unspecified atom stereocenters. The first-order valence-electron chi connectivity index (χ1n) is 5.61. The molecule has 4 nitrogen and oxygen atoms in total. The van der Waals surface area contributed by atoms with Crippen LogP contribution in [-0.4, -0.2) is 17.9 Å². The van der Waals surface area contributed by atoms with Gasteiger partial charge in [0.15, 0.2) is 0 Å². The predicted octanol–water partition coefficient (Wildman–Crippen LogP) is 3.31. The van der Waals surface area contributed by atoms with Crippen LogP contribution in [0.3, 0.4) is 0 Å². The zero-order valence-electron chi connectivity index (χ0n) is 10.4. The number of carbonyl (C=O) groups is 1. The topological polar surface area (TPSA) is 54.0 Å². The first kappa shape index (κ1) is 14.2. The highest BCUT2D eigenvalue weighted by Gasteiger charge is 2.12. The number of benzene rings is 1. The molecule has 2 N–H and O–H groups in total. The average molecular weight is 298 g/mol. The highest BCUT2D eigenvalue weighted by molar-refractivity contribution is 6.30. The molecule has 1 aromatic carbocycles. The number of carbonyl (C=O) groups excluding carboxylic acids is 1. The number of hydrogen-bond donors (Lipinski definition) is 2. The molecule has 2 aromatic rings. The van der Waals surface area contributed by atoms with Crippen LogP contribution >= 0.6 is 11.6 Å². The average Bonchev–Trinajstić information content (AvgIpc) is 2.42. The van der Waals surface area contributed by atoms with Crippen molar-refractivity contribution in [2.75, 3.05) is 17.7 Å². The lowest BCUT2D eigenvalue weighted by molar-refractivity contribution is 0.102. The third kappa shape index (κ3) is 3.21. The summed E-state index contributed by atoms with van der Waals surface area (Å²) in [6.45, 7) is 0. The molecule has 20 heavy (non-hydrogen) atoms. The van der Waals surface area contributed by atoms with Gasteiger partial charge in [-0.3, -0.25) is 4.79 Å². The van der Waals surface area contributed by atoms with Gasteiger partial charge in [0.05, 0.1) is 5.69 Å². The van der Waals surface area contributed by atoms with Crippen LogP contribution in [0.4, 0.5) is 20.3 Å². The molecule has 0 bridgehead atoms. The summed E-state index contributed by atoms with van der Waals surface area (Å²) in [4.78, 5) is 15.9. The van der Waals surface area contributed by atoms with Crippen LogP contribution < -0.4 is 10.6 Å². The first-order chi connectivity index (χ1) is 9.49. The fourth-order valence-electron chi connectivity index (χ4n) is 1.54. The summed E-state index contributed by atoms with van der Waals surface area (Å²) in [6.07, 6.45) is 0. The Kier molecular flexibility index (Phi) is 4.14. The normalized spacial score (nSPS) is 10.2. The smallest absolute Gasteiger partial charge is 0.255 e. The Bertz CT molecular complexity index is 664. The van der Waals surface area contributed by atoms with Crippen molar-refractivity contribution < 1.29 is 13.6 Å². The molecular formula is C13H10ClF2N3O. The molecule has 0 radical (unpaired) electrons. The van der Waals surface area contributed by atoms with E-state index in [4.69, 9.17) is 11.6 Å². The molecule has 1 aromatic heterocycles. The summed E-state index contributed by atoms with van der Waals surface area (Å²) in [5.41, 5.74) is -0.0630. The van der Waals surface area contributed by atoms with E-state index in [1.165, 1.54) is 12.1 Å². The maximum absolute atomic E-state index is 13.4. The third-order valence-electron chi connectivity index (χ3n) is 2.49. The summed E-state index contributed by atoms with van der Waals surface area (Å²) in [5, 5.41) is 5.13. The Balaban J connectivity index is 2.28. The molecule has 104 valence electrons. The zero-order valence-corrected chi connectivity index (χ0v) is 11.1. The Hall–Kier alpha value is -2.21. The van der Waals surface area contributed by atoms with Gasteiger partial charge in [0, 0.05) is 18.7 Å². The fraction of sp³-hybridized carbons (Fsp3) is 0.0769. The molecule has 0 aliphatic heterocycles. The van der Waals surface area contributed by atoms with Crippen molar-refractivity contribution in [2.24, 2.45) is 0 Å². The minimum absolute atomic E-state index is 0.113. The van der Waals surface area contributed by atoms with Crippen LogP contribution in [0.2, 0.25) is 5.15 Å². The number of pyridine rings is 1. The second-order valence-corrected chi connectivity index (χ2v) is 4.28. The van der Waals surface area contributed by atoms with E-state index in [0.29, 0.717) is 5.82 Å². The van der Waals surface area contributed by atoms with E-state index in [1.807, 2.05) is 0 Å². The minimum atomic E-state index is -0.728. The molecule has 0 aliphatic carbocycles. The van der Waals surface area contributed by atoms with Crippen molar-refractivity contribution in [3.8, 4) is 0 Å². The van der Waals surface area contributed by atoms with Crippen LogP contribution in [0.15, 0.2) is 30.3 Å². The molecule has 7 heteroatoms. The van der Waals surface area contributed by atoms with Gasteiger partial charge in [-0.2, -0.15) is 0 Å². The Morgan fingerprint density at radius 3 is 2.70 bits per heavy atom. The molecule has 0 spiro atoms. The summed E-state index contributed by atoms with van der Waals surface area (Å²) in [7, 11) is 1.62. The van der Waals surface area contributed by atoms with E-state index in [2.05, 4.69) is 15.6 Å². The number of aromatic nitrogens is 1. The number of hydrogen-bond acceptors (Lipinski definition) is 3. The van der Waals surface area contributed by atoms with Gasteiger partial charge in [-0.15, -0.1) is 0 Å². The highest BCUT2D eigenvalue weighted by atomic mass is 35.5. The Labute approximate surface area is 118 Å². The van der Waals surface area contributed by atoms with Gasteiger partial charge in [0.1, 0.15) is 22.6 Å². The monoisotopic (exact) mass is 297 g/mol. The SMILES string of the molecule is CNc1cc(C(=O)Nc2cc(F)ccc2F)cc(Cl)n1. The summed E-state index contributed by atoms with van der Waals surface area (Å²) >= 11 is 5.77. The van der Waals surface area contributed by atoms with Crippen LogP contribution in [0.5, 0.6) is 0 Å². The van der Waals surface area contributed by atoms with E-state index >= 15 is 0 Å². The Morgan fingerprint density at radius 2 is 2.00 bits per heavy atom. The molecule has 0 saturated carbocycles. The van der Waals surface area contributed by atoms with E-state index in [-0.39, 0.29) is 16.4 Å². The van der Waals surface area contributed by atoms with Gasteiger partial charge < -0.3 is 10.6 Å². The largest absolute Gasteiger partial charge is 0.373 e. The van der Waals surface area contributed by atoms with Gasteiger partial charge in [-0.1, -0.05) is 11.6 Å². The van der Waals surface area contributed by atoms with Crippen molar-refractivity contribution in [1.29, 1.82) is 0 Å². The molecule has 0 atom stereocenters. The molecule has 0 saturated heterocycles. The first-order valence-corrected chi connectivity index (χ1v) is 5.99. The van der Waals surface area contributed by atoms with Crippen LogP contribution in [-0.2, 0) is 0 Å². The van der Waals surface area contributed by atoms with Crippen molar-refractivity contribution in [2.45, 2.75) is 0 Å². The van der Waals surface area contributed by atoms with Crippen molar-refractivity contribution >= 4 is 29.0 Å². The number of halogens is 3. The lowest BCUT2D eigenvalue weighted by Gasteiger charge is -2.08. The van der Waals surface area contributed by atoms with E-state index in [1.54, 1.807) is 7.05 Å². The lowest BCUT2D eigenvalue weighted by atomic mass is 10.2. The van der Waals surface area contributed by atoms with Gasteiger partial charge in [0.2, 0.25) is 0 Å². The maximum Gasteiger partial charge on any atom is 0.255 e. The molecule has 2 rings (SSSR count). The number of anilines is 2. The summed E-state index contributed by atoms with van der Waals surface area (Å²) in [5.74, 6) is -1.60. The molecule has 0 aliphatic rings. The second-order valence-electron chi connectivity index (χ2n) is 3.89. The quantitative estimate of drug-likeness (QED) is 0.855. The van der Waals surface area contributed by atoms with Gasteiger partial charge in [-0.25, -0.2) is 13.8 Å². The molecule has 0 fully saturated rings. The van der Waals surface area contributed by atoms with Crippen molar-refractivity contribution in [3.63, 3.8) is 0 Å².